The van der Waals surface area contributed by atoms with Crippen LogP contribution in [0.1, 0.15) is 36.8 Å². The number of carbonyl (C=O) groups excluding carboxylic acids is 2. The highest BCUT2D eigenvalue weighted by Gasteiger charge is 2.26. The highest BCUT2D eigenvalue weighted by Crippen LogP contribution is 2.27. The van der Waals surface area contributed by atoms with Crippen LogP contribution < -0.4 is 5.32 Å². The first-order valence-corrected chi connectivity index (χ1v) is 9.19. The molecule has 0 aliphatic carbocycles. The van der Waals surface area contributed by atoms with E-state index in [1.54, 1.807) is 26.0 Å². The van der Waals surface area contributed by atoms with Crippen LogP contribution in [0.5, 0.6) is 0 Å². The maximum absolute atomic E-state index is 12.3. The summed E-state index contributed by atoms with van der Waals surface area (Å²) in [5.74, 6) is -1.00. The molecule has 1 N–H and O–H groups in total. The molecule has 1 aromatic carbocycles. The second-order valence-electron chi connectivity index (χ2n) is 5.97. The van der Waals surface area contributed by atoms with Crippen molar-refractivity contribution in [1.82, 2.24) is 5.32 Å². The van der Waals surface area contributed by atoms with Crippen molar-refractivity contribution in [3.05, 3.63) is 68.4 Å². The molecule has 0 saturated heterocycles. The number of carbonyl (C=O) groups is 2. The number of nitro groups is 1. The van der Waals surface area contributed by atoms with Gasteiger partial charge in [0.25, 0.3) is 5.69 Å². The van der Waals surface area contributed by atoms with Crippen LogP contribution in [-0.2, 0) is 14.3 Å². The van der Waals surface area contributed by atoms with E-state index in [4.69, 9.17) is 4.74 Å². The first kappa shape index (κ1) is 20.3. The number of amides is 1. The maximum Gasteiger partial charge on any atom is 0.308 e. The normalized spacial score (nSPS) is 12.1. The second-order valence-corrected chi connectivity index (χ2v) is 6.95. The molecule has 1 aromatic heterocycles. The van der Waals surface area contributed by atoms with E-state index in [0.717, 1.165) is 4.88 Å². The van der Waals surface area contributed by atoms with Crippen LogP contribution >= 0.6 is 11.3 Å². The lowest BCUT2D eigenvalue weighted by Crippen LogP contribution is -2.30. The quantitative estimate of drug-likeness (QED) is 0.320. The third-order valence-electron chi connectivity index (χ3n) is 3.51. The molecule has 0 radical (unpaired) electrons. The lowest BCUT2D eigenvalue weighted by Gasteiger charge is -2.18. The number of nitrogens with zero attached hydrogens (tertiary/aromatic N) is 1. The summed E-state index contributed by atoms with van der Waals surface area (Å²) in [6.45, 7) is 3.42. The standard InChI is InChI=1S/C19H20N2O5S/c1-13(2)26-19(23)12-16(15-7-3-4-8-17(15)21(24)25)20-18(22)10-9-14-6-5-11-27-14/h3-11,13,16H,12H2,1-2H3,(H,20,22)/b10-9+. The molecule has 8 heteroatoms. The van der Waals surface area contributed by atoms with E-state index in [9.17, 15) is 19.7 Å². The van der Waals surface area contributed by atoms with Gasteiger partial charge in [-0.25, -0.2) is 0 Å². The minimum absolute atomic E-state index is 0.164. The van der Waals surface area contributed by atoms with Gasteiger partial charge < -0.3 is 10.1 Å². The molecular weight excluding hydrogens is 368 g/mol. The van der Waals surface area contributed by atoms with E-state index >= 15 is 0 Å². The highest BCUT2D eigenvalue weighted by molar-refractivity contribution is 7.10. The summed E-state index contributed by atoms with van der Waals surface area (Å²) in [6.07, 6.45) is 2.45. The van der Waals surface area contributed by atoms with E-state index in [1.165, 1.54) is 35.6 Å². The minimum Gasteiger partial charge on any atom is -0.463 e. The van der Waals surface area contributed by atoms with Crippen LogP contribution in [0.25, 0.3) is 6.08 Å². The number of ether oxygens (including phenoxy) is 1. The Bertz CT molecular complexity index is 830. The van der Waals surface area contributed by atoms with Crippen LogP contribution in [0.4, 0.5) is 5.69 Å². The first-order chi connectivity index (χ1) is 12.9. The molecule has 1 unspecified atom stereocenters. The lowest BCUT2D eigenvalue weighted by molar-refractivity contribution is -0.385. The maximum atomic E-state index is 12.3. The summed E-state index contributed by atoms with van der Waals surface area (Å²) in [5, 5.41) is 15.9. The summed E-state index contributed by atoms with van der Waals surface area (Å²) >= 11 is 1.47. The van der Waals surface area contributed by atoms with Crippen molar-refractivity contribution in [3.63, 3.8) is 0 Å². The Labute approximate surface area is 160 Å². The third kappa shape index (κ3) is 6.34. The fourth-order valence-electron chi connectivity index (χ4n) is 2.43. The zero-order valence-electron chi connectivity index (χ0n) is 15.0. The Kier molecular flexibility index (Phi) is 7.25. The molecule has 0 spiro atoms. The number of esters is 1. The molecular formula is C19H20N2O5S. The number of para-hydroxylation sites is 1. The van der Waals surface area contributed by atoms with Gasteiger partial charge in [0.1, 0.15) is 0 Å². The van der Waals surface area contributed by atoms with E-state index in [-0.39, 0.29) is 23.8 Å². The predicted octanol–water partition coefficient (Wildman–Crippen LogP) is 3.87. The largest absolute Gasteiger partial charge is 0.463 e. The summed E-state index contributed by atoms with van der Waals surface area (Å²) in [6, 6.07) is 8.85. The second kappa shape index (κ2) is 9.63. The van der Waals surface area contributed by atoms with Crippen molar-refractivity contribution in [2.45, 2.75) is 32.4 Å². The van der Waals surface area contributed by atoms with Crippen molar-refractivity contribution in [1.29, 1.82) is 0 Å². The lowest BCUT2D eigenvalue weighted by atomic mass is 10.0. The number of rotatable bonds is 8. The van der Waals surface area contributed by atoms with Crippen LogP contribution in [0.15, 0.2) is 47.9 Å². The highest BCUT2D eigenvalue weighted by atomic mass is 32.1. The average Bonchev–Trinajstić information content (AvgIpc) is 3.12. The topological polar surface area (TPSA) is 98.5 Å². The van der Waals surface area contributed by atoms with E-state index in [0.29, 0.717) is 0 Å². The van der Waals surface area contributed by atoms with Gasteiger partial charge in [-0.15, -0.1) is 11.3 Å². The van der Waals surface area contributed by atoms with Gasteiger partial charge in [-0.1, -0.05) is 24.3 Å². The Hall–Kier alpha value is -3.00. The third-order valence-corrected chi connectivity index (χ3v) is 4.34. The molecule has 0 aliphatic heterocycles. The summed E-state index contributed by atoms with van der Waals surface area (Å²) in [7, 11) is 0. The molecule has 0 saturated carbocycles. The number of hydrogen-bond acceptors (Lipinski definition) is 6. The number of thiophene rings is 1. The van der Waals surface area contributed by atoms with Crippen molar-refractivity contribution in [2.75, 3.05) is 0 Å². The van der Waals surface area contributed by atoms with Gasteiger partial charge in [0, 0.05) is 17.0 Å². The van der Waals surface area contributed by atoms with Crippen molar-refractivity contribution >= 4 is 35.0 Å². The number of benzene rings is 1. The van der Waals surface area contributed by atoms with Crippen molar-refractivity contribution in [3.8, 4) is 0 Å². The Morgan fingerprint density at radius 3 is 2.63 bits per heavy atom. The molecule has 7 nitrogen and oxygen atoms in total. The minimum atomic E-state index is -0.877. The SMILES string of the molecule is CC(C)OC(=O)CC(NC(=O)/C=C/c1cccs1)c1ccccc1[N+](=O)[O-]. The van der Waals surface area contributed by atoms with Gasteiger partial charge in [-0.05, 0) is 31.4 Å². The molecule has 1 atom stereocenters. The van der Waals surface area contributed by atoms with E-state index in [1.807, 2.05) is 17.5 Å². The molecule has 0 bridgehead atoms. The van der Waals surface area contributed by atoms with Gasteiger partial charge in [-0.3, -0.25) is 19.7 Å². The zero-order chi connectivity index (χ0) is 19.8. The molecule has 0 fully saturated rings. The smallest absolute Gasteiger partial charge is 0.308 e. The Morgan fingerprint density at radius 2 is 2.00 bits per heavy atom. The molecule has 2 rings (SSSR count). The van der Waals surface area contributed by atoms with E-state index in [2.05, 4.69) is 5.32 Å². The molecule has 1 heterocycles. The fraction of sp³-hybridized carbons (Fsp3) is 0.263. The van der Waals surface area contributed by atoms with Crippen LogP contribution in [0, 0.1) is 10.1 Å². The van der Waals surface area contributed by atoms with Gasteiger partial charge in [0.15, 0.2) is 0 Å². The zero-order valence-corrected chi connectivity index (χ0v) is 15.8. The average molecular weight is 388 g/mol. The summed E-state index contributed by atoms with van der Waals surface area (Å²) < 4.78 is 5.13. The molecule has 142 valence electrons. The Morgan fingerprint density at radius 1 is 1.26 bits per heavy atom. The van der Waals surface area contributed by atoms with Crippen LogP contribution in [-0.4, -0.2) is 22.9 Å². The van der Waals surface area contributed by atoms with Crippen molar-refractivity contribution in [2.24, 2.45) is 0 Å². The molecule has 27 heavy (non-hydrogen) atoms. The molecule has 0 aliphatic rings. The van der Waals surface area contributed by atoms with Crippen LogP contribution in [0.2, 0.25) is 0 Å². The predicted molar refractivity (Wildman–Crippen MR) is 103 cm³/mol. The molecule has 1 amide bonds. The summed E-state index contributed by atoms with van der Waals surface area (Å²) in [4.78, 5) is 36.1. The molecule has 2 aromatic rings. The number of nitrogens with one attached hydrogen (secondary N) is 1. The van der Waals surface area contributed by atoms with Gasteiger partial charge in [0.05, 0.1) is 29.1 Å². The van der Waals surface area contributed by atoms with Crippen LogP contribution in [0.3, 0.4) is 0 Å². The van der Waals surface area contributed by atoms with Crippen molar-refractivity contribution < 1.29 is 19.2 Å². The van der Waals surface area contributed by atoms with Gasteiger partial charge >= 0.3 is 5.97 Å². The fourth-order valence-corrected chi connectivity index (χ4v) is 3.05. The summed E-state index contributed by atoms with van der Waals surface area (Å²) in [5.41, 5.74) is 0.0865. The monoisotopic (exact) mass is 388 g/mol. The Balaban J connectivity index is 2.23. The number of nitro benzene ring substituents is 1. The van der Waals surface area contributed by atoms with Gasteiger partial charge in [0.2, 0.25) is 5.91 Å². The first-order valence-electron chi connectivity index (χ1n) is 8.31. The van der Waals surface area contributed by atoms with Gasteiger partial charge in [-0.2, -0.15) is 0 Å². The number of hydrogen-bond donors (Lipinski definition) is 1. The van der Waals surface area contributed by atoms with E-state index < -0.39 is 22.8 Å².